The van der Waals surface area contributed by atoms with Gasteiger partial charge in [0, 0.05) is 25.0 Å². The molecule has 140 valence electrons. The number of rotatable bonds is 6. The van der Waals surface area contributed by atoms with Gasteiger partial charge < -0.3 is 5.32 Å². The molecule has 2 heterocycles. The third-order valence-electron chi connectivity index (χ3n) is 4.37. The highest BCUT2D eigenvalue weighted by molar-refractivity contribution is 7.89. The van der Waals surface area contributed by atoms with Crippen molar-refractivity contribution in [2.75, 3.05) is 13.1 Å². The van der Waals surface area contributed by atoms with E-state index in [0.29, 0.717) is 24.5 Å². The van der Waals surface area contributed by atoms with Gasteiger partial charge in [0.25, 0.3) is 0 Å². The van der Waals surface area contributed by atoms with Crippen molar-refractivity contribution in [2.45, 2.75) is 44.0 Å². The standard InChI is InChI=1S/C18H23N3O3S2/c1-14-20-16(13-25-14)11-18(22)19-12-15-5-7-17(8-6-15)26(23,24)21-9-3-2-4-10-21/h5-8,13H,2-4,9-12H2,1H3,(H,19,22). The lowest BCUT2D eigenvalue weighted by Crippen LogP contribution is -2.35. The molecule has 0 spiro atoms. The molecule has 3 rings (SSSR count). The van der Waals surface area contributed by atoms with E-state index in [0.717, 1.165) is 35.5 Å². The quantitative estimate of drug-likeness (QED) is 0.818. The number of amides is 1. The number of carbonyl (C=O) groups excluding carboxylic acids is 1. The molecule has 2 aromatic rings. The van der Waals surface area contributed by atoms with Crippen LogP contribution in [0.2, 0.25) is 0 Å². The van der Waals surface area contributed by atoms with Gasteiger partial charge in [-0.1, -0.05) is 18.6 Å². The number of hydrogen-bond acceptors (Lipinski definition) is 5. The first-order valence-corrected chi connectivity index (χ1v) is 11.0. The van der Waals surface area contributed by atoms with Gasteiger partial charge in [0.2, 0.25) is 15.9 Å². The Balaban J connectivity index is 1.56. The number of hydrogen-bond donors (Lipinski definition) is 1. The first-order valence-electron chi connectivity index (χ1n) is 8.72. The van der Waals surface area contributed by atoms with Gasteiger partial charge in [-0.05, 0) is 37.5 Å². The average molecular weight is 394 g/mol. The maximum absolute atomic E-state index is 12.6. The Bertz CT molecular complexity index is 854. The summed E-state index contributed by atoms with van der Waals surface area (Å²) >= 11 is 1.52. The minimum atomic E-state index is -3.41. The number of nitrogens with zero attached hydrogens (tertiary/aromatic N) is 2. The van der Waals surface area contributed by atoms with Crippen molar-refractivity contribution in [3.05, 3.63) is 45.9 Å². The van der Waals surface area contributed by atoms with Crippen LogP contribution in [0.5, 0.6) is 0 Å². The molecule has 1 fully saturated rings. The van der Waals surface area contributed by atoms with Crippen LogP contribution in [-0.2, 0) is 27.8 Å². The van der Waals surface area contributed by atoms with Crippen LogP contribution < -0.4 is 5.32 Å². The number of thiazole rings is 1. The topological polar surface area (TPSA) is 79.4 Å². The van der Waals surface area contributed by atoms with E-state index in [4.69, 9.17) is 0 Å². The Hall–Kier alpha value is -1.77. The molecule has 0 unspecified atom stereocenters. The van der Waals surface area contributed by atoms with Crippen molar-refractivity contribution < 1.29 is 13.2 Å². The molecule has 1 aliphatic rings. The second-order valence-corrected chi connectivity index (χ2v) is 9.42. The Morgan fingerprint density at radius 2 is 1.88 bits per heavy atom. The van der Waals surface area contributed by atoms with E-state index in [9.17, 15) is 13.2 Å². The molecular weight excluding hydrogens is 370 g/mol. The lowest BCUT2D eigenvalue weighted by Gasteiger charge is -2.25. The second kappa shape index (κ2) is 8.28. The van der Waals surface area contributed by atoms with Crippen LogP contribution in [0.3, 0.4) is 0 Å². The summed E-state index contributed by atoms with van der Waals surface area (Å²) < 4.78 is 26.8. The van der Waals surface area contributed by atoms with Crippen molar-refractivity contribution >= 4 is 27.3 Å². The van der Waals surface area contributed by atoms with Crippen LogP contribution in [-0.4, -0.2) is 36.7 Å². The molecule has 1 N–H and O–H groups in total. The van der Waals surface area contributed by atoms with Crippen molar-refractivity contribution in [1.29, 1.82) is 0 Å². The van der Waals surface area contributed by atoms with E-state index in [2.05, 4.69) is 10.3 Å². The van der Waals surface area contributed by atoms with Gasteiger partial charge >= 0.3 is 0 Å². The highest BCUT2D eigenvalue weighted by Crippen LogP contribution is 2.20. The van der Waals surface area contributed by atoms with Crippen molar-refractivity contribution in [1.82, 2.24) is 14.6 Å². The average Bonchev–Trinajstić information content (AvgIpc) is 3.06. The molecule has 6 nitrogen and oxygen atoms in total. The largest absolute Gasteiger partial charge is 0.352 e. The van der Waals surface area contributed by atoms with E-state index in [1.807, 2.05) is 12.3 Å². The molecule has 0 saturated carbocycles. The molecule has 1 amide bonds. The smallest absolute Gasteiger partial charge is 0.243 e. The first kappa shape index (κ1) is 19.0. The fourth-order valence-electron chi connectivity index (χ4n) is 2.95. The summed E-state index contributed by atoms with van der Waals surface area (Å²) in [4.78, 5) is 16.6. The predicted molar refractivity (Wildman–Crippen MR) is 101 cm³/mol. The Morgan fingerprint density at radius 1 is 1.19 bits per heavy atom. The fraction of sp³-hybridized carbons (Fsp3) is 0.444. The molecule has 0 radical (unpaired) electrons. The van der Waals surface area contributed by atoms with Crippen LogP contribution in [0, 0.1) is 6.92 Å². The monoisotopic (exact) mass is 393 g/mol. The van der Waals surface area contributed by atoms with Crippen molar-refractivity contribution in [3.8, 4) is 0 Å². The minimum Gasteiger partial charge on any atom is -0.352 e. The third kappa shape index (κ3) is 4.69. The summed E-state index contributed by atoms with van der Waals surface area (Å²) in [6.45, 7) is 3.46. The number of sulfonamides is 1. The van der Waals surface area contributed by atoms with E-state index < -0.39 is 10.0 Å². The summed E-state index contributed by atoms with van der Waals surface area (Å²) in [6.07, 6.45) is 3.18. The number of aromatic nitrogens is 1. The summed E-state index contributed by atoms with van der Waals surface area (Å²) in [6, 6.07) is 6.75. The minimum absolute atomic E-state index is 0.0969. The van der Waals surface area contributed by atoms with Crippen LogP contribution in [0.25, 0.3) is 0 Å². The molecule has 0 atom stereocenters. The molecule has 1 aromatic carbocycles. The highest BCUT2D eigenvalue weighted by Gasteiger charge is 2.25. The zero-order valence-corrected chi connectivity index (χ0v) is 16.4. The molecule has 0 aliphatic carbocycles. The Kier molecular flexibility index (Phi) is 6.05. The summed E-state index contributed by atoms with van der Waals surface area (Å²) in [5.74, 6) is -0.0969. The number of carbonyl (C=O) groups is 1. The van der Waals surface area contributed by atoms with Gasteiger partial charge in [-0.15, -0.1) is 11.3 Å². The SMILES string of the molecule is Cc1nc(CC(=O)NCc2ccc(S(=O)(=O)N3CCCCC3)cc2)cs1. The lowest BCUT2D eigenvalue weighted by molar-refractivity contribution is -0.120. The molecule has 0 bridgehead atoms. The molecular formula is C18H23N3O3S2. The van der Waals surface area contributed by atoms with Gasteiger partial charge in [0.1, 0.15) is 0 Å². The van der Waals surface area contributed by atoms with E-state index in [1.54, 1.807) is 28.6 Å². The van der Waals surface area contributed by atoms with Crippen LogP contribution >= 0.6 is 11.3 Å². The summed E-state index contributed by atoms with van der Waals surface area (Å²) in [7, 11) is -3.41. The Labute approximate surface area is 158 Å². The van der Waals surface area contributed by atoms with E-state index in [1.165, 1.54) is 11.3 Å². The number of nitrogens with one attached hydrogen (secondary N) is 1. The molecule has 1 aliphatic heterocycles. The zero-order chi connectivity index (χ0) is 18.6. The number of benzene rings is 1. The zero-order valence-electron chi connectivity index (χ0n) is 14.8. The van der Waals surface area contributed by atoms with Crippen molar-refractivity contribution in [3.63, 3.8) is 0 Å². The Morgan fingerprint density at radius 3 is 2.50 bits per heavy atom. The van der Waals surface area contributed by atoms with Crippen molar-refractivity contribution in [2.24, 2.45) is 0 Å². The van der Waals surface area contributed by atoms with Gasteiger partial charge in [-0.3, -0.25) is 4.79 Å². The van der Waals surface area contributed by atoms with E-state index in [-0.39, 0.29) is 12.3 Å². The normalized spacial score (nSPS) is 15.7. The summed E-state index contributed by atoms with van der Waals surface area (Å²) in [5.41, 5.74) is 1.64. The van der Waals surface area contributed by atoms with Gasteiger partial charge in [0.15, 0.2) is 0 Å². The maximum atomic E-state index is 12.6. The van der Waals surface area contributed by atoms with Gasteiger partial charge in [-0.25, -0.2) is 13.4 Å². The molecule has 1 aromatic heterocycles. The lowest BCUT2D eigenvalue weighted by atomic mass is 10.2. The van der Waals surface area contributed by atoms with Crippen LogP contribution in [0.4, 0.5) is 0 Å². The number of aryl methyl sites for hydroxylation is 1. The molecule has 26 heavy (non-hydrogen) atoms. The maximum Gasteiger partial charge on any atom is 0.243 e. The first-order chi connectivity index (χ1) is 12.4. The molecule has 1 saturated heterocycles. The highest BCUT2D eigenvalue weighted by atomic mass is 32.2. The van der Waals surface area contributed by atoms with Crippen LogP contribution in [0.15, 0.2) is 34.5 Å². The van der Waals surface area contributed by atoms with Gasteiger partial charge in [0.05, 0.1) is 22.0 Å². The number of piperidine rings is 1. The molecule has 8 heteroatoms. The fourth-order valence-corrected chi connectivity index (χ4v) is 5.08. The van der Waals surface area contributed by atoms with E-state index >= 15 is 0 Å². The predicted octanol–water partition coefficient (Wildman–Crippen LogP) is 2.49. The van der Waals surface area contributed by atoms with Crippen LogP contribution in [0.1, 0.15) is 35.5 Å². The second-order valence-electron chi connectivity index (χ2n) is 6.42. The van der Waals surface area contributed by atoms with Gasteiger partial charge in [-0.2, -0.15) is 4.31 Å². The summed E-state index contributed by atoms with van der Waals surface area (Å²) in [5, 5.41) is 5.67. The third-order valence-corrected chi connectivity index (χ3v) is 7.11.